The third-order valence-electron chi connectivity index (χ3n) is 3.82. The Morgan fingerprint density at radius 3 is 2.44 bits per heavy atom. The number of benzene rings is 2. The molecule has 138 valence electrons. The molecule has 1 aromatic heterocycles. The predicted octanol–water partition coefficient (Wildman–Crippen LogP) is 3.60. The number of halogens is 1. The third-order valence-corrected chi connectivity index (χ3v) is 4.07. The molecule has 0 saturated heterocycles. The van der Waals surface area contributed by atoms with Gasteiger partial charge in [0, 0.05) is 16.3 Å². The molecule has 0 saturated carbocycles. The lowest BCUT2D eigenvalue weighted by Crippen LogP contribution is -2.33. The minimum atomic E-state index is -0.326. The highest BCUT2D eigenvalue weighted by molar-refractivity contribution is 6.30. The minimum absolute atomic E-state index is 0.0381. The van der Waals surface area contributed by atoms with Gasteiger partial charge >= 0.3 is 0 Å². The van der Waals surface area contributed by atoms with Crippen LogP contribution in [-0.2, 0) is 16.0 Å². The molecule has 1 heterocycles. The molecule has 0 aliphatic heterocycles. The molecular weight excluding hydrogens is 366 g/mol. The van der Waals surface area contributed by atoms with E-state index < -0.39 is 0 Å². The number of aryl methyl sites for hydroxylation is 1. The van der Waals surface area contributed by atoms with Gasteiger partial charge in [0.1, 0.15) is 5.76 Å². The fraction of sp³-hybridized carbons (Fsp3) is 0.150. The number of aromatic nitrogens is 1. The zero-order valence-corrected chi connectivity index (χ0v) is 15.4. The molecule has 0 bridgehead atoms. The van der Waals surface area contributed by atoms with Crippen LogP contribution in [0.4, 0.5) is 5.69 Å². The van der Waals surface area contributed by atoms with Gasteiger partial charge in [0.2, 0.25) is 17.7 Å². The van der Waals surface area contributed by atoms with Gasteiger partial charge in [-0.15, -0.1) is 0 Å². The molecule has 0 radical (unpaired) electrons. The first kappa shape index (κ1) is 18.7. The summed E-state index contributed by atoms with van der Waals surface area (Å²) in [7, 11) is 0. The molecule has 2 aromatic carbocycles. The van der Waals surface area contributed by atoms with Crippen molar-refractivity contribution in [3.8, 4) is 11.5 Å². The number of oxazole rings is 1. The van der Waals surface area contributed by atoms with Gasteiger partial charge in [0.05, 0.1) is 18.7 Å². The molecule has 27 heavy (non-hydrogen) atoms. The third kappa shape index (κ3) is 5.18. The van der Waals surface area contributed by atoms with Crippen molar-refractivity contribution in [1.29, 1.82) is 0 Å². The molecule has 2 amide bonds. The van der Waals surface area contributed by atoms with E-state index >= 15 is 0 Å². The van der Waals surface area contributed by atoms with Crippen LogP contribution in [0.3, 0.4) is 0 Å². The SMILES string of the molecule is Cc1oc(-c2ccccc2)nc1CC(=O)NCC(=O)Nc1ccc(Cl)cc1. The lowest BCUT2D eigenvalue weighted by Gasteiger charge is -2.06. The van der Waals surface area contributed by atoms with Gasteiger partial charge in [-0.2, -0.15) is 0 Å². The summed E-state index contributed by atoms with van der Waals surface area (Å²) >= 11 is 5.80. The van der Waals surface area contributed by atoms with Crippen LogP contribution in [0, 0.1) is 6.92 Å². The molecule has 0 unspecified atom stereocenters. The lowest BCUT2D eigenvalue weighted by atomic mass is 10.2. The second-order valence-electron chi connectivity index (χ2n) is 5.90. The van der Waals surface area contributed by atoms with Crippen molar-refractivity contribution < 1.29 is 14.0 Å². The van der Waals surface area contributed by atoms with Gasteiger partial charge < -0.3 is 15.1 Å². The van der Waals surface area contributed by atoms with Crippen LogP contribution in [0.5, 0.6) is 0 Å². The Kier molecular flexibility index (Phi) is 5.88. The first-order valence-corrected chi connectivity index (χ1v) is 8.73. The van der Waals surface area contributed by atoms with E-state index in [-0.39, 0.29) is 24.8 Å². The Labute approximate surface area is 161 Å². The van der Waals surface area contributed by atoms with E-state index in [1.807, 2.05) is 30.3 Å². The van der Waals surface area contributed by atoms with E-state index in [1.165, 1.54) is 0 Å². The molecule has 0 atom stereocenters. The van der Waals surface area contributed by atoms with E-state index in [4.69, 9.17) is 16.0 Å². The number of carbonyl (C=O) groups excluding carboxylic acids is 2. The summed E-state index contributed by atoms with van der Waals surface area (Å²) in [6, 6.07) is 16.2. The second-order valence-corrected chi connectivity index (χ2v) is 6.33. The molecule has 0 fully saturated rings. The average molecular weight is 384 g/mol. The second kappa shape index (κ2) is 8.51. The van der Waals surface area contributed by atoms with E-state index in [0.29, 0.717) is 28.1 Å². The summed E-state index contributed by atoms with van der Waals surface area (Å²) < 4.78 is 5.63. The Morgan fingerprint density at radius 2 is 1.74 bits per heavy atom. The Balaban J connectivity index is 1.53. The van der Waals surface area contributed by atoms with Gasteiger partial charge in [0.25, 0.3) is 0 Å². The van der Waals surface area contributed by atoms with Gasteiger partial charge in [-0.1, -0.05) is 29.8 Å². The number of nitrogens with one attached hydrogen (secondary N) is 2. The number of hydrogen-bond donors (Lipinski definition) is 2. The number of nitrogens with zero attached hydrogens (tertiary/aromatic N) is 1. The molecule has 0 aliphatic carbocycles. The van der Waals surface area contributed by atoms with Crippen molar-refractivity contribution in [2.24, 2.45) is 0 Å². The monoisotopic (exact) mass is 383 g/mol. The number of rotatable bonds is 6. The molecule has 3 aromatic rings. The summed E-state index contributed by atoms with van der Waals surface area (Å²) in [6.07, 6.45) is 0.0381. The van der Waals surface area contributed by atoms with Gasteiger partial charge in [-0.05, 0) is 43.3 Å². The Morgan fingerprint density at radius 1 is 1.04 bits per heavy atom. The number of hydrogen-bond acceptors (Lipinski definition) is 4. The first-order chi connectivity index (χ1) is 13.0. The van der Waals surface area contributed by atoms with Crippen molar-refractivity contribution >= 4 is 29.1 Å². The van der Waals surface area contributed by atoms with Crippen LogP contribution in [0.25, 0.3) is 11.5 Å². The molecule has 2 N–H and O–H groups in total. The first-order valence-electron chi connectivity index (χ1n) is 8.35. The maximum absolute atomic E-state index is 12.1. The number of anilines is 1. The summed E-state index contributed by atoms with van der Waals surface area (Å²) in [4.78, 5) is 28.4. The van der Waals surface area contributed by atoms with Crippen LogP contribution in [-0.4, -0.2) is 23.3 Å². The van der Waals surface area contributed by atoms with Crippen LogP contribution >= 0.6 is 11.6 Å². The minimum Gasteiger partial charge on any atom is -0.441 e. The Hall–Kier alpha value is -3.12. The quantitative estimate of drug-likeness (QED) is 0.681. The van der Waals surface area contributed by atoms with E-state index in [9.17, 15) is 9.59 Å². The molecule has 6 nitrogen and oxygen atoms in total. The van der Waals surface area contributed by atoms with E-state index in [2.05, 4.69) is 15.6 Å². The predicted molar refractivity (Wildman–Crippen MR) is 103 cm³/mol. The summed E-state index contributed by atoms with van der Waals surface area (Å²) in [6.45, 7) is 1.62. The van der Waals surface area contributed by atoms with Crippen molar-refractivity contribution in [2.45, 2.75) is 13.3 Å². The zero-order chi connectivity index (χ0) is 19.2. The smallest absolute Gasteiger partial charge is 0.243 e. The van der Waals surface area contributed by atoms with E-state index in [0.717, 1.165) is 5.56 Å². The number of amides is 2. The number of carbonyl (C=O) groups is 2. The summed E-state index contributed by atoms with van der Waals surface area (Å²) in [5.74, 6) is 0.413. The van der Waals surface area contributed by atoms with Crippen LogP contribution in [0.2, 0.25) is 5.02 Å². The zero-order valence-electron chi connectivity index (χ0n) is 14.7. The fourth-order valence-corrected chi connectivity index (χ4v) is 2.55. The van der Waals surface area contributed by atoms with Crippen LogP contribution < -0.4 is 10.6 Å². The maximum Gasteiger partial charge on any atom is 0.243 e. The largest absolute Gasteiger partial charge is 0.441 e. The van der Waals surface area contributed by atoms with E-state index in [1.54, 1.807) is 31.2 Å². The van der Waals surface area contributed by atoms with Crippen molar-refractivity contribution in [2.75, 3.05) is 11.9 Å². The van der Waals surface area contributed by atoms with Gasteiger partial charge in [-0.25, -0.2) is 4.98 Å². The van der Waals surface area contributed by atoms with Gasteiger partial charge in [-0.3, -0.25) is 9.59 Å². The van der Waals surface area contributed by atoms with Crippen molar-refractivity contribution in [3.63, 3.8) is 0 Å². The van der Waals surface area contributed by atoms with Crippen molar-refractivity contribution in [1.82, 2.24) is 10.3 Å². The molecular formula is C20H18ClN3O3. The Bertz CT molecular complexity index is 937. The highest BCUT2D eigenvalue weighted by atomic mass is 35.5. The van der Waals surface area contributed by atoms with Gasteiger partial charge in [0.15, 0.2) is 0 Å². The molecule has 3 rings (SSSR count). The molecule has 0 aliphatic rings. The summed E-state index contributed by atoms with van der Waals surface area (Å²) in [5, 5.41) is 5.84. The normalized spacial score (nSPS) is 10.4. The van der Waals surface area contributed by atoms with Crippen LogP contribution in [0.15, 0.2) is 59.0 Å². The fourth-order valence-electron chi connectivity index (χ4n) is 2.43. The van der Waals surface area contributed by atoms with Crippen LogP contribution in [0.1, 0.15) is 11.5 Å². The standard InChI is InChI=1S/C20H18ClN3O3/c1-13-17(24-20(27-13)14-5-3-2-4-6-14)11-18(25)22-12-19(26)23-16-9-7-15(21)8-10-16/h2-10H,11-12H2,1H3,(H,22,25)(H,23,26). The molecule has 0 spiro atoms. The topological polar surface area (TPSA) is 84.2 Å². The highest BCUT2D eigenvalue weighted by Gasteiger charge is 2.15. The highest BCUT2D eigenvalue weighted by Crippen LogP contribution is 2.21. The van der Waals surface area contributed by atoms with Crippen molar-refractivity contribution in [3.05, 3.63) is 71.1 Å². The lowest BCUT2D eigenvalue weighted by molar-refractivity contribution is -0.123. The molecule has 7 heteroatoms. The maximum atomic E-state index is 12.1. The summed E-state index contributed by atoms with van der Waals surface area (Å²) in [5.41, 5.74) is 2.00. The average Bonchev–Trinajstić information content (AvgIpc) is 3.03.